The van der Waals surface area contributed by atoms with Gasteiger partial charge >= 0.3 is 17.6 Å². The van der Waals surface area contributed by atoms with Gasteiger partial charge in [0.15, 0.2) is 0 Å². The molecule has 136 valence electrons. The minimum atomic E-state index is -1.42. The second kappa shape index (κ2) is 7.55. The molecule has 1 aromatic rings. The SMILES string of the molecule is Nc1ccn([C@@H]2SC(COC(=O)[C@@H](N)CC(=O)O)=C(O)C2O)c(=O)n1. The number of nitrogens with zero attached hydrogens (tertiary/aromatic N) is 2. The molecule has 0 saturated heterocycles. The molecule has 1 aliphatic rings. The third kappa shape index (κ3) is 4.29. The number of aromatic nitrogens is 2. The van der Waals surface area contributed by atoms with Crippen LogP contribution in [0.25, 0.3) is 0 Å². The van der Waals surface area contributed by atoms with Crippen LogP contribution in [-0.4, -0.2) is 55.6 Å². The summed E-state index contributed by atoms with van der Waals surface area (Å²) < 4.78 is 5.92. The summed E-state index contributed by atoms with van der Waals surface area (Å²) in [5, 5.41) is 27.7. The fraction of sp³-hybridized carbons (Fsp3) is 0.385. The molecule has 0 radical (unpaired) electrons. The van der Waals surface area contributed by atoms with E-state index < -0.39 is 53.9 Å². The van der Waals surface area contributed by atoms with Gasteiger partial charge in [0, 0.05) is 6.20 Å². The Morgan fingerprint density at radius 2 is 2.16 bits per heavy atom. The topological polar surface area (TPSA) is 191 Å². The van der Waals surface area contributed by atoms with Crippen molar-refractivity contribution < 1.29 is 29.6 Å². The van der Waals surface area contributed by atoms with Crippen molar-refractivity contribution in [3.8, 4) is 0 Å². The second-order valence-electron chi connectivity index (χ2n) is 5.12. The number of hydrogen-bond acceptors (Lipinski definition) is 10. The molecule has 0 saturated carbocycles. The number of carboxylic acid groups (broad SMARTS) is 1. The van der Waals surface area contributed by atoms with E-state index in [-0.39, 0.29) is 10.7 Å². The lowest BCUT2D eigenvalue weighted by atomic mass is 10.2. The lowest BCUT2D eigenvalue weighted by Crippen LogP contribution is -2.34. The Morgan fingerprint density at radius 1 is 1.48 bits per heavy atom. The van der Waals surface area contributed by atoms with E-state index in [1.807, 2.05) is 0 Å². The quantitative estimate of drug-likeness (QED) is 0.367. The van der Waals surface area contributed by atoms with Crippen LogP contribution in [0.3, 0.4) is 0 Å². The van der Waals surface area contributed by atoms with E-state index in [1.54, 1.807) is 0 Å². The number of thioether (sulfide) groups is 1. The number of aliphatic carboxylic acids is 1. The van der Waals surface area contributed by atoms with Gasteiger partial charge in [-0.1, -0.05) is 11.8 Å². The van der Waals surface area contributed by atoms with Crippen molar-refractivity contribution >= 4 is 29.5 Å². The highest BCUT2D eigenvalue weighted by atomic mass is 32.2. The fourth-order valence-electron chi connectivity index (χ4n) is 2.02. The first-order valence-electron chi connectivity index (χ1n) is 6.96. The zero-order valence-electron chi connectivity index (χ0n) is 12.7. The van der Waals surface area contributed by atoms with Crippen LogP contribution in [-0.2, 0) is 14.3 Å². The van der Waals surface area contributed by atoms with Crippen molar-refractivity contribution in [2.45, 2.75) is 23.9 Å². The van der Waals surface area contributed by atoms with E-state index in [2.05, 4.69) is 4.98 Å². The molecular formula is C13H16N4O7S. The van der Waals surface area contributed by atoms with Gasteiger partial charge in [-0.2, -0.15) is 4.98 Å². The average Bonchev–Trinajstić information content (AvgIpc) is 2.80. The Kier molecular flexibility index (Phi) is 5.66. The predicted molar refractivity (Wildman–Crippen MR) is 86.4 cm³/mol. The van der Waals surface area contributed by atoms with Crippen LogP contribution in [0.1, 0.15) is 11.8 Å². The van der Waals surface area contributed by atoms with Crippen molar-refractivity contribution in [3.63, 3.8) is 0 Å². The Bertz CT molecular complexity index is 778. The molecule has 0 amide bonds. The highest BCUT2D eigenvalue weighted by molar-refractivity contribution is 8.03. The van der Waals surface area contributed by atoms with E-state index in [1.165, 1.54) is 12.3 Å². The van der Waals surface area contributed by atoms with E-state index in [0.29, 0.717) is 0 Å². The summed E-state index contributed by atoms with van der Waals surface area (Å²) in [5.74, 6) is -2.67. The number of anilines is 1. The third-order valence-electron chi connectivity index (χ3n) is 3.27. The smallest absolute Gasteiger partial charge is 0.350 e. The first-order chi connectivity index (χ1) is 11.7. The van der Waals surface area contributed by atoms with Crippen molar-refractivity contribution in [3.05, 3.63) is 33.4 Å². The number of nitrogens with two attached hydrogens (primary N) is 2. The maximum Gasteiger partial charge on any atom is 0.350 e. The lowest BCUT2D eigenvalue weighted by Gasteiger charge is -2.16. The number of aliphatic hydroxyl groups is 2. The van der Waals surface area contributed by atoms with Crippen LogP contribution in [0.15, 0.2) is 27.7 Å². The van der Waals surface area contributed by atoms with Gasteiger partial charge in [0.25, 0.3) is 0 Å². The van der Waals surface area contributed by atoms with E-state index >= 15 is 0 Å². The van der Waals surface area contributed by atoms with Crippen LogP contribution >= 0.6 is 11.8 Å². The van der Waals surface area contributed by atoms with Gasteiger partial charge in [-0.05, 0) is 6.07 Å². The van der Waals surface area contributed by atoms with Crippen molar-refractivity contribution in [2.24, 2.45) is 5.73 Å². The third-order valence-corrected chi connectivity index (χ3v) is 4.61. The van der Waals surface area contributed by atoms with Crippen LogP contribution in [0.5, 0.6) is 0 Å². The highest BCUT2D eigenvalue weighted by Crippen LogP contribution is 2.43. The lowest BCUT2D eigenvalue weighted by molar-refractivity contribution is -0.148. The van der Waals surface area contributed by atoms with E-state index in [4.69, 9.17) is 21.3 Å². The van der Waals surface area contributed by atoms with Crippen molar-refractivity contribution in [1.82, 2.24) is 9.55 Å². The number of carbonyl (C=O) groups excluding carboxylic acids is 1. The normalized spacial score (nSPS) is 21.2. The van der Waals surface area contributed by atoms with Gasteiger partial charge in [0.1, 0.15) is 35.7 Å². The molecule has 3 atom stereocenters. The summed E-state index contributed by atoms with van der Waals surface area (Å²) >= 11 is 0.895. The minimum absolute atomic E-state index is 0.0116. The Balaban J connectivity index is 2.04. The Morgan fingerprint density at radius 3 is 2.76 bits per heavy atom. The molecule has 25 heavy (non-hydrogen) atoms. The molecule has 0 spiro atoms. The molecule has 12 heteroatoms. The number of ether oxygens (including phenoxy) is 1. The zero-order valence-corrected chi connectivity index (χ0v) is 13.5. The summed E-state index contributed by atoms with van der Waals surface area (Å²) in [6, 6.07) is 0.00516. The fourth-order valence-corrected chi connectivity index (χ4v) is 3.21. The summed E-state index contributed by atoms with van der Waals surface area (Å²) in [7, 11) is 0. The number of carboxylic acids is 1. The first kappa shape index (κ1) is 18.8. The molecule has 0 bridgehead atoms. The van der Waals surface area contributed by atoms with Gasteiger partial charge in [-0.3, -0.25) is 14.2 Å². The number of carbonyl (C=O) groups is 2. The number of hydrogen-bond donors (Lipinski definition) is 5. The van der Waals surface area contributed by atoms with Gasteiger partial charge in [-0.25, -0.2) is 4.79 Å². The number of nitrogen functional groups attached to an aromatic ring is 1. The molecular weight excluding hydrogens is 356 g/mol. The summed E-state index contributed by atoms with van der Waals surface area (Å²) in [6.07, 6.45) is -0.708. The van der Waals surface area contributed by atoms with E-state index in [0.717, 1.165) is 16.3 Å². The Hall–Kier alpha value is -2.57. The molecule has 1 aromatic heterocycles. The maximum atomic E-state index is 11.8. The number of aliphatic hydroxyl groups excluding tert-OH is 2. The molecule has 0 fully saturated rings. The van der Waals surface area contributed by atoms with Gasteiger partial charge in [0.05, 0.1) is 11.3 Å². The Labute approximate surface area is 144 Å². The van der Waals surface area contributed by atoms with Crippen molar-refractivity contribution in [1.29, 1.82) is 0 Å². The molecule has 11 nitrogen and oxygen atoms in total. The highest BCUT2D eigenvalue weighted by Gasteiger charge is 2.37. The molecule has 1 unspecified atom stereocenters. The maximum absolute atomic E-state index is 11.8. The van der Waals surface area contributed by atoms with Crippen molar-refractivity contribution in [2.75, 3.05) is 12.3 Å². The minimum Gasteiger partial charge on any atom is -0.508 e. The van der Waals surface area contributed by atoms with E-state index in [9.17, 15) is 24.6 Å². The predicted octanol–water partition coefficient (Wildman–Crippen LogP) is -1.45. The molecule has 1 aliphatic heterocycles. The van der Waals surface area contributed by atoms with Gasteiger partial charge in [-0.15, -0.1) is 0 Å². The molecule has 2 rings (SSSR count). The van der Waals surface area contributed by atoms with Gasteiger partial charge in [0.2, 0.25) is 0 Å². The van der Waals surface area contributed by atoms with Crippen LogP contribution in [0.2, 0.25) is 0 Å². The number of esters is 1. The molecule has 2 heterocycles. The van der Waals surface area contributed by atoms with Crippen LogP contribution in [0, 0.1) is 0 Å². The largest absolute Gasteiger partial charge is 0.508 e. The summed E-state index contributed by atoms with van der Waals surface area (Å²) in [5.41, 5.74) is 10.0. The monoisotopic (exact) mass is 372 g/mol. The molecule has 0 aromatic carbocycles. The second-order valence-corrected chi connectivity index (χ2v) is 6.33. The molecule has 7 N–H and O–H groups in total. The van der Waals surface area contributed by atoms with Gasteiger partial charge < -0.3 is 31.5 Å². The van der Waals surface area contributed by atoms with Crippen LogP contribution in [0.4, 0.5) is 5.82 Å². The average molecular weight is 372 g/mol. The van der Waals surface area contributed by atoms with Crippen LogP contribution < -0.4 is 17.2 Å². The number of rotatable bonds is 6. The molecule has 0 aliphatic carbocycles. The first-order valence-corrected chi connectivity index (χ1v) is 7.84. The zero-order chi connectivity index (χ0) is 18.7. The summed E-state index contributed by atoms with van der Waals surface area (Å²) in [6.45, 7) is -0.423. The summed E-state index contributed by atoms with van der Waals surface area (Å²) in [4.78, 5) is 37.6. The standard InChI is InChI=1S/C13H16N4O7S/c14-5(3-8(18)19)12(22)24-4-6-9(20)10(21)11(25-6)17-2-1-7(15)16-13(17)23/h1-2,5,10-11,20-21H,3-4,14H2,(H,18,19)(H2,15,16,23)/t5-,10?,11+/m0/s1.